The molecule has 0 aliphatic heterocycles. The van der Waals surface area contributed by atoms with E-state index in [4.69, 9.17) is 28.9 Å². The van der Waals surface area contributed by atoms with Crippen molar-refractivity contribution in [2.24, 2.45) is 0 Å². The van der Waals surface area contributed by atoms with Gasteiger partial charge in [-0.15, -0.1) is 0 Å². The molecule has 2 aromatic rings. The number of hydrogen-bond acceptors (Lipinski definition) is 2. The van der Waals surface area contributed by atoms with E-state index in [-0.39, 0.29) is 5.41 Å². The predicted octanol–water partition coefficient (Wildman–Crippen LogP) is 4.65. The van der Waals surface area contributed by atoms with E-state index in [2.05, 4.69) is 31.0 Å². The molecule has 0 radical (unpaired) electrons. The number of aromatic nitrogens is 2. The van der Waals surface area contributed by atoms with E-state index in [0.717, 1.165) is 23.2 Å². The summed E-state index contributed by atoms with van der Waals surface area (Å²) >= 11 is 12.6. The van der Waals surface area contributed by atoms with Gasteiger partial charge in [0.25, 0.3) is 0 Å². The molecule has 3 nitrogen and oxygen atoms in total. The number of halogens is 2. The molecule has 1 aromatic carbocycles. The van der Waals surface area contributed by atoms with Gasteiger partial charge in [0, 0.05) is 11.0 Å². The minimum atomic E-state index is -0.0809. The Morgan fingerprint density at radius 2 is 1.79 bits per heavy atom. The first-order valence-electron chi connectivity index (χ1n) is 6.17. The maximum atomic E-state index is 6.28. The lowest BCUT2D eigenvalue weighted by Gasteiger charge is -2.23. The van der Waals surface area contributed by atoms with Crippen molar-refractivity contribution < 1.29 is 0 Å². The summed E-state index contributed by atoms with van der Waals surface area (Å²) in [5.74, 6) is 0.423. The monoisotopic (exact) mass is 297 g/mol. The summed E-state index contributed by atoms with van der Waals surface area (Å²) in [6.07, 6.45) is 0.948. The molecule has 5 heteroatoms. The van der Waals surface area contributed by atoms with Crippen molar-refractivity contribution >= 4 is 29.0 Å². The van der Waals surface area contributed by atoms with Crippen molar-refractivity contribution in [3.8, 4) is 11.1 Å². The fourth-order valence-electron chi connectivity index (χ4n) is 2.01. The second-order valence-electron chi connectivity index (χ2n) is 5.19. The molecular weight excluding hydrogens is 281 g/mol. The number of hydrogen-bond donors (Lipinski definition) is 2. The zero-order valence-electron chi connectivity index (χ0n) is 11.2. The number of benzene rings is 1. The molecule has 0 fully saturated rings. The normalized spacial score (nSPS) is 11.8. The first-order valence-corrected chi connectivity index (χ1v) is 6.92. The molecule has 102 valence electrons. The Hall–Kier alpha value is -1.19. The van der Waals surface area contributed by atoms with Gasteiger partial charge < -0.3 is 5.73 Å². The number of rotatable bonds is 3. The molecule has 0 unspecified atom stereocenters. The van der Waals surface area contributed by atoms with E-state index in [1.165, 1.54) is 0 Å². The zero-order valence-corrected chi connectivity index (χ0v) is 12.7. The van der Waals surface area contributed by atoms with Gasteiger partial charge in [0.15, 0.2) is 5.82 Å². The maximum absolute atomic E-state index is 6.28. The third-order valence-electron chi connectivity index (χ3n) is 3.57. The highest BCUT2D eigenvalue weighted by atomic mass is 35.5. The Morgan fingerprint density at radius 3 is 2.32 bits per heavy atom. The second kappa shape index (κ2) is 5.06. The van der Waals surface area contributed by atoms with Gasteiger partial charge in [0.05, 0.1) is 21.3 Å². The van der Waals surface area contributed by atoms with Crippen LogP contribution in [0.3, 0.4) is 0 Å². The third-order valence-corrected chi connectivity index (χ3v) is 4.20. The Labute approximate surface area is 123 Å². The lowest BCUT2D eigenvalue weighted by Crippen LogP contribution is -2.17. The highest BCUT2D eigenvalue weighted by Gasteiger charge is 2.28. The van der Waals surface area contributed by atoms with Gasteiger partial charge in [0.1, 0.15) is 0 Å². The number of nitrogen functional groups attached to an aromatic ring is 1. The van der Waals surface area contributed by atoms with Crippen molar-refractivity contribution in [2.45, 2.75) is 32.6 Å². The quantitative estimate of drug-likeness (QED) is 0.866. The Kier molecular flexibility index (Phi) is 3.79. The van der Waals surface area contributed by atoms with Crippen LogP contribution in [0.4, 0.5) is 5.82 Å². The molecule has 2 rings (SSSR count). The molecular formula is C14H17Cl2N3. The number of H-pyrrole nitrogens is 1. The molecule has 0 atom stereocenters. The SMILES string of the molecule is CCC(C)(C)c1[nH]nc(N)c1-c1c(Cl)cccc1Cl. The van der Waals surface area contributed by atoms with E-state index in [1.54, 1.807) is 12.1 Å². The Bertz CT molecular complexity index is 582. The van der Waals surface area contributed by atoms with Crippen LogP contribution in [0, 0.1) is 0 Å². The smallest absolute Gasteiger partial charge is 0.153 e. The maximum Gasteiger partial charge on any atom is 0.153 e. The fraction of sp³-hybridized carbons (Fsp3) is 0.357. The minimum absolute atomic E-state index is 0.0809. The van der Waals surface area contributed by atoms with Gasteiger partial charge in [-0.05, 0) is 18.6 Å². The molecule has 0 saturated heterocycles. The van der Waals surface area contributed by atoms with E-state index in [1.807, 2.05) is 6.07 Å². The fourth-order valence-corrected chi connectivity index (χ4v) is 2.60. The van der Waals surface area contributed by atoms with Crippen LogP contribution in [0.5, 0.6) is 0 Å². The van der Waals surface area contributed by atoms with Crippen LogP contribution < -0.4 is 5.73 Å². The summed E-state index contributed by atoms with van der Waals surface area (Å²) in [6.45, 7) is 6.39. The summed E-state index contributed by atoms with van der Waals surface area (Å²) in [4.78, 5) is 0. The summed E-state index contributed by atoms with van der Waals surface area (Å²) in [5, 5.41) is 8.31. The lowest BCUT2D eigenvalue weighted by molar-refractivity contribution is 0.490. The van der Waals surface area contributed by atoms with Gasteiger partial charge in [-0.2, -0.15) is 5.10 Å². The second-order valence-corrected chi connectivity index (χ2v) is 6.01. The number of nitrogens with one attached hydrogen (secondary N) is 1. The summed E-state index contributed by atoms with van der Waals surface area (Å²) in [5.41, 5.74) is 8.43. The van der Waals surface area contributed by atoms with Crippen LogP contribution in [-0.2, 0) is 5.41 Å². The average molecular weight is 298 g/mol. The molecule has 19 heavy (non-hydrogen) atoms. The van der Waals surface area contributed by atoms with Gasteiger partial charge >= 0.3 is 0 Å². The average Bonchev–Trinajstić information content (AvgIpc) is 2.72. The van der Waals surface area contributed by atoms with E-state index >= 15 is 0 Å². The van der Waals surface area contributed by atoms with Gasteiger partial charge in [-0.25, -0.2) is 0 Å². The van der Waals surface area contributed by atoms with Gasteiger partial charge in [0.2, 0.25) is 0 Å². The molecule has 3 N–H and O–H groups in total. The van der Waals surface area contributed by atoms with Crippen molar-refractivity contribution in [1.82, 2.24) is 10.2 Å². The Morgan fingerprint density at radius 1 is 1.21 bits per heavy atom. The number of aromatic amines is 1. The van der Waals surface area contributed by atoms with Crippen LogP contribution in [0.1, 0.15) is 32.9 Å². The summed E-state index contributed by atoms with van der Waals surface area (Å²) in [6, 6.07) is 5.42. The predicted molar refractivity (Wildman–Crippen MR) is 81.8 cm³/mol. The molecule has 1 heterocycles. The minimum Gasteiger partial charge on any atom is -0.382 e. The third kappa shape index (κ3) is 2.45. The van der Waals surface area contributed by atoms with Crippen LogP contribution in [0.15, 0.2) is 18.2 Å². The molecule has 0 aliphatic carbocycles. The first kappa shape index (κ1) is 14.2. The van der Waals surface area contributed by atoms with Crippen LogP contribution >= 0.6 is 23.2 Å². The number of nitrogens with zero attached hydrogens (tertiary/aromatic N) is 1. The molecule has 0 bridgehead atoms. The van der Waals surface area contributed by atoms with Crippen molar-refractivity contribution in [3.63, 3.8) is 0 Å². The largest absolute Gasteiger partial charge is 0.382 e. The number of nitrogens with two attached hydrogens (primary N) is 1. The molecule has 0 amide bonds. The van der Waals surface area contributed by atoms with Crippen molar-refractivity contribution in [3.05, 3.63) is 33.9 Å². The zero-order chi connectivity index (χ0) is 14.2. The summed E-state index contributed by atoms with van der Waals surface area (Å²) in [7, 11) is 0. The first-order chi connectivity index (χ1) is 8.88. The van der Waals surface area contributed by atoms with Crippen LogP contribution in [0.25, 0.3) is 11.1 Å². The highest BCUT2D eigenvalue weighted by Crippen LogP contribution is 2.43. The standard InChI is InChI=1S/C14H17Cl2N3/c1-4-14(2,3)12-11(13(17)19-18-12)10-8(15)6-5-7-9(10)16/h5-7H,4H2,1-3H3,(H3,17,18,19). The van der Waals surface area contributed by atoms with E-state index in [9.17, 15) is 0 Å². The lowest BCUT2D eigenvalue weighted by atomic mass is 9.83. The van der Waals surface area contributed by atoms with Crippen molar-refractivity contribution in [1.29, 1.82) is 0 Å². The van der Waals surface area contributed by atoms with Gasteiger partial charge in [-0.1, -0.05) is 50.0 Å². The summed E-state index contributed by atoms with van der Waals surface area (Å²) < 4.78 is 0. The van der Waals surface area contributed by atoms with Crippen molar-refractivity contribution in [2.75, 3.05) is 5.73 Å². The number of anilines is 1. The van der Waals surface area contributed by atoms with Gasteiger partial charge in [-0.3, -0.25) is 5.10 Å². The molecule has 0 spiro atoms. The van der Waals surface area contributed by atoms with E-state index < -0.39 is 0 Å². The topological polar surface area (TPSA) is 54.7 Å². The highest BCUT2D eigenvalue weighted by molar-refractivity contribution is 6.39. The van der Waals surface area contributed by atoms with Crippen LogP contribution in [-0.4, -0.2) is 10.2 Å². The van der Waals surface area contributed by atoms with E-state index in [0.29, 0.717) is 15.9 Å². The van der Waals surface area contributed by atoms with Crippen LogP contribution in [0.2, 0.25) is 10.0 Å². The molecule has 0 saturated carbocycles. The molecule has 0 aliphatic rings. The Balaban J connectivity index is 2.73. The molecule has 1 aromatic heterocycles.